The summed E-state index contributed by atoms with van der Waals surface area (Å²) in [4.78, 5) is 19.9. The van der Waals surface area contributed by atoms with Crippen molar-refractivity contribution in [2.24, 2.45) is 15.1 Å². The summed E-state index contributed by atoms with van der Waals surface area (Å²) in [6.45, 7) is -0.0642. The second-order valence-corrected chi connectivity index (χ2v) is 6.80. The maximum Gasteiger partial charge on any atom is 0.359 e. The number of benzene rings is 1. The summed E-state index contributed by atoms with van der Waals surface area (Å²) in [5.41, 5.74) is 1.36. The van der Waals surface area contributed by atoms with Gasteiger partial charge < -0.3 is 10.3 Å². The molecule has 2 aromatic rings. The van der Waals surface area contributed by atoms with Gasteiger partial charge in [-0.3, -0.25) is 4.99 Å². The molecule has 1 aliphatic rings. The van der Waals surface area contributed by atoms with E-state index in [-0.39, 0.29) is 12.3 Å². The lowest BCUT2D eigenvalue weighted by atomic mass is 10.0. The second kappa shape index (κ2) is 6.72. The van der Waals surface area contributed by atoms with Gasteiger partial charge in [0.1, 0.15) is 10.7 Å². The van der Waals surface area contributed by atoms with Crippen molar-refractivity contribution in [3.63, 3.8) is 0 Å². The molecule has 6 nitrogen and oxygen atoms in total. The summed E-state index contributed by atoms with van der Waals surface area (Å²) in [6.07, 6.45) is 0. The molecule has 0 atom stereocenters. The minimum Gasteiger partial charge on any atom is -0.476 e. The molecular weight excluding hydrogens is 373 g/mol. The van der Waals surface area contributed by atoms with E-state index in [2.05, 4.69) is 15.1 Å². The number of carboxylic acid groups (broad SMARTS) is 1. The molecule has 1 aliphatic heterocycles. The summed E-state index contributed by atoms with van der Waals surface area (Å²) in [7, 11) is 0. The lowest BCUT2D eigenvalue weighted by Gasteiger charge is -2.06. The SMILES string of the molecule is O=C(O)/C(=N\O)C1=Nc2sc(Cl)cc2C(c2ccccc2Cl)=NC1. The van der Waals surface area contributed by atoms with Crippen LogP contribution in [0, 0.1) is 0 Å². The Morgan fingerprint density at radius 2 is 2.00 bits per heavy atom. The van der Waals surface area contributed by atoms with Gasteiger partial charge in [0, 0.05) is 16.1 Å². The van der Waals surface area contributed by atoms with Gasteiger partial charge in [-0.15, -0.1) is 11.3 Å². The van der Waals surface area contributed by atoms with E-state index in [1.807, 2.05) is 6.07 Å². The number of hydrogen-bond acceptors (Lipinski definition) is 6. The lowest BCUT2D eigenvalue weighted by Crippen LogP contribution is -2.26. The molecule has 0 spiro atoms. The molecule has 2 N–H and O–H groups in total. The van der Waals surface area contributed by atoms with Crippen molar-refractivity contribution in [3.05, 3.63) is 50.8 Å². The van der Waals surface area contributed by atoms with Gasteiger partial charge in [0.2, 0.25) is 5.71 Å². The van der Waals surface area contributed by atoms with Crippen molar-refractivity contribution >= 4 is 62.6 Å². The molecule has 2 heterocycles. The Morgan fingerprint density at radius 1 is 1.25 bits per heavy atom. The Hall–Kier alpha value is -2.22. The minimum atomic E-state index is -1.39. The molecule has 1 aromatic carbocycles. The quantitative estimate of drug-likeness (QED) is 0.479. The maximum atomic E-state index is 11.2. The highest BCUT2D eigenvalue weighted by Crippen LogP contribution is 2.38. The van der Waals surface area contributed by atoms with Gasteiger partial charge in [0.15, 0.2) is 0 Å². The molecule has 0 radical (unpaired) electrons. The fourth-order valence-electron chi connectivity index (χ4n) is 2.24. The molecular formula is C15H9Cl2N3O3S. The Morgan fingerprint density at radius 3 is 2.67 bits per heavy atom. The topological polar surface area (TPSA) is 94.6 Å². The third-order valence-electron chi connectivity index (χ3n) is 3.27. The third kappa shape index (κ3) is 3.06. The average molecular weight is 382 g/mol. The highest BCUT2D eigenvalue weighted by molar-refractivity contribution is 7.20. The molecule has 0 fully saturated rings. The first-order chi connectivity index (χ1) is 11.5. The molecule has 9 heteroatoms. The number of rotatable bonds is 3. The number of carboxylic acids is 1. The van der Waals surface area contributed by atoms with Crippen LogP contribution in [0.5, 0.6) is 0 Å². The number of aliphatic carboxylic acids is 1. The fraction of sp³-hybridized carbons (Fsp3) is 0.0667. The number of aliphatic imine (C=N–C) groups is 2. The van der Waals surface area contributed by atoms with Crippen LogP contribution in [0.1, 0.15) is 11.1 Å². The summed E-state index contributed by atoms with van der Waals surface area (Å²) >= 11 is 13.5. The number of hydrogen-bond donors (Lipinski definition) is 2. The number of carbonyl (C=O) groups is 1. The molecule has 0 bridgehead atoms. The fourth-order valence-corrected chi connectivity index (χ4v) is 3.57. The van der Waals surface area contributed by atoms with Crippen LogP contribution in [-0.2, 0) is 4.79 Å². The van der Waals surface area contributed by atoms with E-state index < -0.39 is 11.7 Å². The summed E-state index contributed by atoms with van der Waals surface area (Å²) < 4.78 is 0.475. The first-order valence-corrected chi connectivity index (χ1v) is 8.21. The standard InChI is InChI=1S/C15H9Cl2N3O3S/c16-9-4-2-1-3-7(9)12-8-5-11(17)24-14(8)19-10(6-18-12)13(20-23)15(21)22/h1-5,23H,6H2,(H,21,22)/b20-13-. The van der Waals surface area contributed by atoms with Crippen LogP contribution < -0.4 is 0 Å². The minimum absolute atomic E-state index is 0.0341. The normalized spacial score (nSPS) is 14.5. The molecule has 3 rings (SSSR count). The van der Waals surface area contributed by atoms with Gasteiger partial charge in [0.05, 0.1) is 16.6 Å². The van der Waals surface area contributed by atoms with Crippen LogP contribution >= 0.6 is 34.5 Å². The summed E-state index contributed by atoms with van der Waals surface area (Å²) in [6, 6.07) is 8.86. The zero-order valence-electron chi connectivity index (χ0n) is 11.9. The summed E-state index contributed by atoms with van der Waals surface area (Å²) in [5, 5.41) is 21.9. The van der Waals surface area contributed by atoms with E-state index in [1.54, 1.807) is 24.3 Å². The second-order valence-electron chi connectivity index (χ2n) is 4.73. The average Bonchev–Trinajstić information content (AvgIpc) is 2.81. The summed E-state index contributed by atoms with van der Waals surface area (Å²) in [5.74, 6) is -1.39. The number of halogens is 2. The Labute approximate surface area is 150 Å². The first-order valence-electron chi connectivity index (χ1n) is 6.63. The largest absolute Gasteiger partial charge is 0.476 e. The molecule has 0 amide bonds. The van der Waals surface area contributed by atoms with Crippen LogP contribution in [0.2, 0.25) is 9.36 Å². The molecule has 0 saturated carbocycles. The van der Waals surface area contributed by atoms with E-state index in [0.29, 0.717) is 31.2 Å². The number of thiophene rings is 1. The van der Waals surface area contributed by atoms with Crippen LogP contribution in [-0.4, -0.2) is 40.0 Å². The van der Waals surface area contributed by atoms with E-state index in [0.717, 1.165) is 0 Å². The highest BCUT2D eigenvalue weighted by atomic mass is 35.5. The van der Waals surface area contributed by atoms with E-state index in [1.165, 1.54) is 11.3 Å². The molecule has 0 unspecified atom stereocenters. The maximum absolute atomic E-state index is 11.2. The zero-order valence-corrected chi connectivity index (χ0v) is 14.2. The Balaban J connectivity index is 2.18. The predicted molar refractivity (Wildman–Crippen MR) is 95.2 cm³/mol. The van der Waals surface area contributed by atoms with E-state index in [4.69, 9.17) is 33.5 Å². The lowest BCUT2D eigenvalue weighted by molar-refractivity contribution is -0.129. The van der Waals surface area contributed by atoms with Gasteiger partial charge in [-0.1, -0.05) is 46.6 Å². The smallest absolute Gasteiger partial charge is 0.359 e. The van der Waals surface area contributed by atoms with Crippen molar-refractivity contribution < 1.29 is 15.1 Å². The van der Waals surface area contributed by atoms with Gasteiger partial charge >= 0.3 is 5.97 Å². The first kappa shape index (κ1) is 16.6. The van der Waals surface area contributed by atoms with Gasteiger partial charge in [-0.2, -0.15) is 0 Å². The molecule has 0 aliphatic carbocycles. The van der Waals surface area contributed by atoms with E-state index >= 15 is 0 Å². The van der Waals surface area contributed by atoms with Crippen LogP contribution in [0.25, 0.3) is 0 Å². The Bertz CT molecular complexity index is 918. The van der Waals surface area contributed by atoms with Gasteiger partial charge in [0.25, 0.3) is 0 Å². The highest BCUT2D eigenvalue weighted by Gasteiger charge is 2.25. The van der Waals surface area contributed by atoms with Gasteiger partial charge in [-0.05, 0) is 12.1 Å². The number of fused-ring (bicyclic) bond motifs is 1. The van der Waals surface area contributed by atoms with Crippen molar-refractivity contribution in [1.29, 1.82) is 0 Å². The third-order valence-corrected chi connectivity index (χ3v) is 4.75. The predicted octanol–water partition coefficient (Wildman–Crippen LogP) is 3.89. The monoisotopic (exact) mass is 381 g/mol. The van der Waals surface area contributed by atoms with Gasteiger partial charge in [-0.25, -0.2) is 9.79 Å². The zero-order chi connectivity index (χ0) is 17.3. The molecule has 1 aromatic heterocycles. The molecule has 0 saturated heterocycles. The Kier molecular flexibility index (Phi) is 4.66. The number of oxime groups is 1. The van der Waals surface area contributed by atoms with Crippen molar-refractivity contribution in [2.45, 2.75) is 0 Å². The molecule has 122 valence electrons. The molecule has 24 heavy (non-hydrogen) atoms. The van der Waals surface area contributed by atoms with Crippen LogP contribution in [0.4, 0.5) is 5.00 Å². The van der Waals surface area contributed by atoms with E-state index in [9.17, 15) is 4.79 Å². The van der Waals surface area contributed by atoms with Crippen LogP contribution in [0.3, 0.4) is 0 Å². The van der Waals surface area contributed by atoms with Crippen LogP contribution in [0.15, 0.2) is 45.5 Å². The van der Waals surface area contributed by atoms with Crippen molar-refractivity contribution in [1.82, 2.24) is 0 Å². The number of nitrogens with zero attached hydrogens (tertiary/aromatic N) is 3. The van der Waals surface area contributed by atoms with Crippen molar-refractivity contribution in [3.8, 4) is 0 Å². The van der Waals surface area contributed by atoms with Crippen molar-refractivity contribution in [2.75, 3.05) is 6.54 Å².